The molecule has 0 fully saturated rings. The first-order valence-electron chi connectivity index (χ1n) is 8.33. The maximum atomic E-state index is 14.2. The lowest BCUT2D eigenvalue weighted by atomic mass is 10.1. The number of nitrogens with zero attached hydrogens (tertiary/aromatic N) is 2. The summed E-state index contributed by atoms with van der Waals surface area (Å²) >= 11 is 0. The molecule has 0 spiro atoms. The van der Waals surface area contributed by atoms with E-state index >= 15 is 0 Å². The summed E-state index contributed by atoms with van der Waals surface area (Å²) in [6, 6.07) is 7.61. The van der Waals surface area contributed by atoms with Crippen LogP contribution in [0.25, 0.3) is 22.2 Å². The van der Waals surface area contributed by atoms with Gasteiger partial charge in [-0.25, -0.2) is 13.2 Å². The standard InChI is InChI=1S/C20H14F3N3O2/c1-10-8-26(9-11-2-3-15(22)16(23)4-11)19-13(10)5-12(21)6-14(19)18-7-17(20(24)27)25-28-18/h2-8H,9H2,1H3,(H2,24,27). The molecule has 0 aliphatic carbocycles. The van der Waals surface area contributed by atoms with E-state index in [-0.39, 0.29) is 18.0 Å². The van der Waals surface area contributed by atoms with Crippen LogP contribution in [0.3, 0.4) is 0 Å². The van der Waals surface area contributed by atoms with Crippen molar-refractivity contribution in [1.82, 2.24) is 9.72 Å². The van der Waals surface area contributed by atoms with Crippen molar-refractivity contribution < 1.29 is 22.5 Å². The van der Waals surface area contributed by atoms with E-state index < -0.39 is 23.4 Å². The Labute approximate surface area is 157 Å². The van der Waals surface area contributed by atoms with Crippen LogP contribution >= 0.6 is 0 Å². The first kappa shape index (κ1) is 17.8. The van der Waals surface area contributed by atoms with Crippen molar-refractivity contribution in [2.45, 2.75) is 13.5 Å². The van der Waals surface area contributed by atoms with Crippen LogP contribution in [0.1, 0.15) is 21.6 Å². The van der Waals surface area contributed by atoms with Crippen LogP contribution in [0.2, 0.25) is 0 Å². The van der Waals surface area contributed by atoms with Crippen LogP contribution in [-0.2, 0) is 6.54 Å². The number of carbonyl (C=O) groups excluding carboxylic acids is 1. The molecule has 0 unspecified atom stereocenters. The van der Waals surface area contributed by atoms with Gasteiger partial charge in [-0.15, -0.1) is 0 Å². The molecule has 4 rings (SSSR count). The zero-order chi connectivity index (χ0) is 20.0. The van der Waals surface area contributed by atoms with E-state index in [1.807, 2.05) is 6.92 Å². The highest BCUT2D eigenvalue weighted by atomic mass is 19.2. The monoisotopic (exact) mass is 385 g/mol. The summed E-state index contributed by atoms with van der Waals surface area (Å²) in [6.07, 6.45) is 1.78. The van der Waals surface area contributed by atoms with E-state index in [1.165, 1.54) is 24.3 Å². The number of halogens is 3. The first-order chi connectivity index (χ1) is 13.3. The number of hydrogen-bond donors (Lipinski definition) is 1. The Balaban J connectivity index is 1.89. The van der Waals surface area contributed by atoms with Gasteiger partial charge in [-0.1, -0.05) is 11.2 Å². The van der Waals surface area contributed by atoms with Crippen molar-refractivity contribution >= 4 is 16.8 Å². The lowest BCUT2D eigenvalue weighted by Gasteiger charge is -2.09. The summed E-state index contributed by atoms with van der Waals surface area (Å²) in [6.45, 7) is 2.03. The Kier molecular flexibility index (Phi) is 4.18. The number of primary amides is 1. The topological polar surface area (TPSA) is 74.0 Å². The normalized spacial score (nSPS) is 11.3. The highest BCUT2D eigenvalue weighted by Gasteiger charge is 2.19. The van der Waals surface area contributed by atoms with Crippen LogP contribution in [0.15, 0.2) is 47.1 Å². The number of amides is 1. The molecule has 4 aromatic rings. The van der Waals surface area contributed by atoms with Crippen molar-refractivity contribution in [2.75, 3.05) is 0 Å². The van der Waals surface area contributed by atoms with Gasteiger partial charge in [0, 0.05) is 29.8 Å². The third-order valence-corrected chi connectivity index (χ3v) is 4.50. The molecule has 0 radical (unpaired) electrons. The summed E-state index contributed by atoms with van der Waals surface area (Å²) in [7, 11) is 0. The summed E-state index contributed by atoms with van der Waals surface area (Å²) < 4.78 is 48.0. The van der Waals surface area contributed by atoms with Gasteiger partial charge in [0.25, 0.3) is 5.91 Å². The van der Waals surface area contributed by atoms with Gasteiger partial charge < -0.3 is 14.8 Å². The van der Waals surface area contributed by atoms with Crippen LogP contribution < -0.4 is 5.73 Å². The van der Waals surface area contributed by atoms with Crippen molar-refractivity contribution in [3.05, 3.63) is 76.9 Å². The summed E-state index contributed by atoms with van der Waals surface area (Å²) in [5.41, 5.74) is 7.41. The molecule has 1 amide bonds. The molecule has 0 aliphatic rings. The van der Waals surface area contributed by atoms with E-state index in [9.17, 15) is 18.0 Å². The molecule has 142 valence electrons. The average Bonchev–Trinajstić information content (AvgIpc) is 3.24. The molecule has 2 heterocycles. The molecule has 8 heteroatoms. The van der Waals surface area contributed by atoms with Crippen LogP contribution in [0, 0.1) is 24.4 Å². The fraction of sp³-hybridized carbons (Fsp3) is 0.100. The van der Waals surface area contributed by atoms with Crippen LogP contribution in [0.5, 0.6) is 0 Å². The van der Waals surface area contributed by atoms with Gasteiger partial charge in [-0.2, -0.15) is 0 Å². The van der Waals surface area contributed by atoms with Crippen molar-refractivity contribution in [2.24, 2.45) is 5.73 Å². The minimum Gasteiger partial charge on any atom is -0.364 e. The largest absolute Gasteiger partial charge is 0.364 e. The second kappa shape index (κ2) is 6.56. The Morgan fingerprint density at radius 3 is 2.61 bits per heavy atom. The minimum atomic E-state index is -0.946. The quantitative estimate of drug-likeness (QED) is 0.573. The Bertz CT molecular complexity index is 1230. The predicted octanol–water partition coefficient (Wildman–Crippen LogP) is 4.17. The van der Waals surface area contributed by atoms with E-state index in [4.69, 9.17) is 10.3 Å². The maximum absolute atomic E-state index is 14.2. The third-order valence-electron chi connectivity index (χ3n) is 4.50. The van der Waals surface area contributed by atoms with Crippen molar-refractivity contribution in [3.63, 3.8) is 0 Å². The molecule has 0 saturated heterocycles. The SMILES string of the molecule is Cc1cn(Cc2ccc(F)c(F)c2)c2c(-c3cc(C(N)=O)no3)cc(F)cc12. The molecule has 2 N–H and O–H groups in total. The smallest absolute Gasteiger partial charge is 0.270 e. The molecule has 5 nitrogen and oxygen atoms in total. The number of benzene rings is 2. The second-order valence-electron chi connectivity index (χ2n) is 6.48. The number of aryl methyl sites for hydroxylation is 1. The molecular weight excluding hydrogens is 371 g/mol. The number of aromatic nitrogens is 2. The number of fused-ring (bicyclic) bond motifs is 1. The predicted molar refractivity (Wildman–Crippen MR) is 96.1 cm³/mol. The number of rotatable bonds is 4. The maximum Gasteiger partial charge on any atom is 0.270 e. The zero-order valence-corrected chi connectivity index (χ0v) is 14.7. The molecule has 0 saturated carbocycles. The van der Waals surface area contributed by atoms with E-state index in [0.29, 0.717) is 22.0 Å². The number of carbonyl (C=O) groups is 1. The Morgan fingerprint density at radius 2 is 1.93 bits per heavy atom. The number of nitrogens with two attached hydrogens (primary N) is 1. The lowest BCUT2D eigenvalue weighted by molar-refractivity contribution is 0.0991. The fourth-order valence-corrected chi connectivity index (χ4v) is 3.24. The van der Waals surface area contributed by atoms with Crippen molar-refractivity contribution in [3.8, 4) is 11.3 Å². The molecule has 0 aliphatic heterocycles. The Hall–Kier alpha value is -3.55. The number of hydrogen-bond acceptors (Lipinski definition) is 3. The summed E-state index contributed by atoms with van der Waals surface area (Å²) in [5.74, 6) is -2.97. The first-order valence-corrected chi connectivity index (χ1v) is 8.33. The lowest BCUT2D eigenvalue weighted by Crippen LogP contribution is -2.10. The highest BCUT2D eigenvalue weighted by molar-refractivity contribution is 5.97. The third kappa shape index (κ3) is 3.02. The van der Waals surface area contributed by atoms with E-state index in [2.05, 4.69) is 5.16 Å². The molecule has 2 aromatic heterocycles. The van der Waals surface area contributed by atoms with Gasteiger partial charge in [0.15, 0.2) is 23.1 Å². The van der Waals surface area contributed by atoms with E-state index in [1.54, 1.807) is 10.8 Å². The van der Waals surface area contributed by atoms with Gasteiger partial charge in [0.05, 0.1) is 5.52 Å². The summed E-state index contributed by atoms with van der Waals surface area (Å²) in [4.78, 5) is 11.3. The zero-order valence-electron chi connectivity index (χ0n) is 14.7. The fourth-order valence-electron chi connectivity index (χ4n) is 3.24. The van der Waals surface area contributed by atoms with Gasteiger partial charge in [-0.3, -0.25) is 4.79 Å². The van der Waals surface area contributed by atoms with Crippen LogP contribution in [-0.4, -0.2) is 15.6 Å². The summed E-state index contributed by atoms with van der Waals surface area (Å²) in [5, 5.41) is 4.22. The average molecular weight is 385 g/mol. The highest BCUT2D eigenvalue weighted by Crippen LogP contribution is 2.33. The van der Waals surface area contributed by atoms with Gasteiger partial charge in [-0.05, 0) is 42.3 Å². The van der Waals surface area contributed by atoms with Gasteiger partial charge in [0.2, 0.25) is 0 Å². The van der Waals surface area contributed by atoms with Crippen LogP contribution in [0.4, 0.5) is 13.2 Å². The molecular formula is C20H14F3N3O2. The minimum absolute atomic E-state index is 0.0807. The van der Waals surface area contributed by atoms with Crippen molar-refractivity contribution in [1.29, 1.82) is 0 Å². The second-order valence-corrected chi connectivity index (χ2v) is 6.48. The molecule has 0 atom stereocenters. The van der Waals surface area contributed by atoms with E-state index in [0.717, 1.165) is 17.7 Å². The van der Waals surface area contributed by atoms with Gasteiger partial charge in [0.1, 0.15) is 5.82 Å². The Morgan fingerprint density at radius 1 is 1.14 bits per heavy atom. The molecule has 28 heavy (non-hydrogen) atoms. The van der Waals surface area contributed by atoms with Gasteiger partial charge >= 0.3 is 0 Å². The molecule has 2 aromatic carbocycles. The molecule has 0 bridgehead atoms.